The third-order valence-electron chi connectivity index (χ3n) is 9.98. The summed E-state index contributed by atoms with van der Waals surface area (Å²) in [5.74, 6) is 0. The van der Waals surface area contributed by atoms with Gasteiger partial charge in [0.15, 0.2) is 0 Å². The fraction of sp³-hybridized carbons (Fsp3) is 0. The molecule has 3 nitrogen and oxygen atoms in total. The average molecular weight is 749 g/mol. The van der Waals surface area contributed by atoms with Crippen LogP contribution in [-0.4, -0.2) is 9.13 Å². The van der Waals surface area contributed by atoms with E-state index < -0.39 is 132 Å². The molecule has 0 saturated heterocycles. The van der Waals surface area contributed by atoms with Gasteiger partial charge in [-0.3, -0.25) is 0 Å². The van der Waals surface area contributed by atoms with Crippen LogP contribution in [0, 0.1) is 0 Å². The summed E-state index contributed by atoms with van der Waals surface area (Å²) in [5, 5.41) is -0.517. The molecule has 0 saturated carbocycles. The first-order chi connectivity index (χ1) is 37.4. The number of hydrogen-bond acceptors (Lipinski definition) is 1. The molecule has 12 rings (SSSR count). The number of aromatic nitrogens is 2. The fourth-order valence-electron chi connectivity index (χ4n) is 7.50. The molecule has 0 radical (unpaired) electrons. The van der Waals surface area contributed by atoms with Crippen molar-refractivity contribution in [3.8, 4) is 44.8 Å². The first-order valence-electron chi connectivity index (χ1n) is 28.7. The highest BCUT2D eigenvalue weighted by atomic mass is 16.3. The molecule has 57 heavy (non-hydrogen) atoms. The Labute approximate surface area is 359 Å². The summed E-state index contributed by atoms with van der Waals surface area (Å²) in [6.07, 6.45) is 0. The van der Waals surface area contributed by atoms with E-state index in [1.807, 2.05) is 0 Å². The van der Waals surface area contributed by atoms with E-state index in [4.69, 9.17) is 22.2 Å². The zero-order valence-electron chi connectivity index (χ0n) is 51.2. The molecule has 0 fully saturated rings. The predicted molar refractivity (Wildman–Crippen MR) is 239 cm³/mol. The molecule has 3 heterocycles. The number of hydrogen-bond donors (Lipinski definition) is 0. The van der Waals surface area contributed by atoms with E-state index in [1.54, 1.807) is 30.3 Å². The highest BCUT2D eigenvalue weighted by Crippen LogP contribution is 2.42. The predicted octanol–water partition coefficient (Wildman–Crippen LogP) is 14.8. The fourth-order valence-corrected chi connectivity index (χ4v) is 7.50. The first kappa shape index (κ1) is 17.0. The summed E-state index contributed by atoms with van der Waals surface area (Å²) in [6, 6.07) is 5.67. The van der Waals surface area contributed by atoms with Gasteiger partial charge in [-0.25, -0.2) is 0 Å². The van der Waals surface area contributed by atoms with Crippen LogP contribution in [0.5, 0.6) is 0 Å². The van der Waals surface area contributed by atoms with E-state index in [0.717, 1.165) is 18.2 Å². The van der Waals surface area contributed by atoms with Crippen LogP contribution in [0.1, 0.15) is 30.2 Å². The molecule has 9 aromatic carbocycles. The molecule has 3 heteroatoms. The number of para-hydroxylation sites is 3. The Morgan fingerprint density at radius 1 is 0.368 bits per heavy atom. The minimum absolute atomic E-state index is 0.000736. The maximum Gasteiger partial charge on any atom is 0.135 e. The van der Waals surface area contributed by atoms with Crippen LogP contribution in [0.2, 0.25) is 0 Å². The average Bonchev–Trinajstić information content (AvgIpc) is 4.32. The molecule has 266 valence electrons. The van der Waals surface area contributed by atoms with Crippen molar-refractivity contribution in [3.05, 3.63) is 206 Å². The second-order valence-electron chi connectivity index (χ2n) is 13.2. The number of nitrogens with zero attached hydrogens (tertiary/aromatic N) is 2. The standard InChI is InChI=1S/C54H34N2O/c1-3-13-35(14-4-1)36-15-11-16-37(31-36)38-26-29-52-46(32-38)47-34-41(27-30-53(47)57-52)56-48-22-9-7-19-43(48)45-33-39(25-28-50(45)56)42-21-12-24-51-54(42)44-20-8-10-23-49(44)55(51)40-17-5-2-6-18-40/h1-34H/i3D,4D,7D,8D,9D,10D,12D,13D,15D,16D,19D,21D,23D,24D,25D,26D,28D,29D,30D,31D,32D,34D. The topological polar surface area (TPSA) is 23.0 Å². The zero-order chi connectivity index (χ0) is 56.6. The molecule has 0 spiro atoms. The Bertz CT molecular complexity index is 4810. The lowest BCUT2D eigenvalue weighted by molar-refractivity contribution is 0.669. The van der Waals surface area contributed by atoms with Gasteiger partial charge in [0.2, 0.25) is 0 Å². The monoisotopic (exact) mass is 748 g/mol. The quantitative estimate of drug-likeness (QED) is 0.172. The summed E-state index contributed by atoms with van der Waals surface area (Å²) in [6.45, 7) is 0. The van der Waals surface area contributed by atoms with Gasteiger partial charge >= 0.3 is 0 Å². The van der Waals surface area contributed by atoms with Crippen LogP contribution < -0.4 is 0 Å². The van der Waals surface area contributed by atoms with Crippen LogP contribution in [0.15, 0.2) is 210 Å². The van der Waals surface area contributed by atoms with Gasteiger partial charge in [0, 0.05) is 43.7 Å². The van der Waals surface area contributed by atoms with Crippen molar-refractivity contribution < 1.29 is 34.6 Å². The van der Waals surface area contributed by atoms with E-state index in [2.05, 4.69) is 0 Å². The van der Waals surface area contributed by atoms with Gasteiger partial charge in [-0.05, 0) is 112 Å². The molecular weight excluding hydrogens is 693 g/mol. The van der Waals surface area contributed by atoms with Crippen LogP contribution in [0.3, 0.4) is 0 Å². The molecule has 12 aromatic rings. The second kappa shape index (κ2) is 12.5. The number of furan rings is 1. The Balaban J connectivity index is 1.18. The smallest absolute Gasteiger partial charge is 0.135 e. The normalized spacial score (nSPS) is 17.3. The Morgan fingerprint density at radius 3 is 2.09 bits per heavy atom. The molecule has 0 atom stereocenters. The first-order valence-corrected chi connectivity index (χ1v) is 17.7. The maximum atomic E-state index is 9.93. The van der Waals surface area contributed by atoms with Gasteiger partial charge in [-0.2, -0.15) is 0 Å². The van der Waals surface area contributed by atoms with Crippen LogP contribution in [0.4, 0.5) is 0 Å². The maximum absolute atomic E-state index is 9.93. The summed E-state index contributed by atoms with van der Waals surface area (Å²) < 4.78 is 209. The van der Waals surface area contributed by atoms with Crippen molar-refractivity contribution in [2.24, 2.45) is 0 Å². The summed E-state index contributed by atoms with van der Waals surface area (Å²) >= 11 is 0. The van der Waals surface area contributed by atoms with Crippen molar-refractivity contribution in [1.29, 1.82) is 0 Å². The van der Waals surface area contributed by atoms with Crippen LogP contribution in [-0.2, 0) is 0 Å². The third-order valence-corrected chi connectivity index (χ3v) is 9.98. The van der Waals surface area contributed by atoms with Gasteiger partial charge in [-0.1, -0.05) is 127 Å². The minimum atomic E-state index is -0.701. The van der Waals surface area contributed by atoms with E-state index in [9.17, 15) is 12.3 Å². The number of fused-ring (bicyclic) bond motifs is 9. The van der Waals surface area contributed by atoms with Crippen LogP contribution in [0.25, 0.3) is 110 Å². The summed E-state index contributed by atoms with van der Waals surface area (Å²) in [7, 11) is 0. The largest absolute Gasteiger partial charge is 0.456 e. The van der Waals surface area contributed by atoms with Gasteiger partial charge in [0.25, 0.3) is 0 Å². The van der Waals surface area contributed by atoms with Crippen molar-refractivity contribution in [3.63, 3.8) is 0 Å². The Kier molecular flexibility index (Phi) is 3.72. The lowest BCUT2D eigenvalue weighted by Crippen LogP contribution is -1.93. The van der Waals surface area contributed by atoms with Crippen molar-refractivity contribution in [2.75, 3.05) is 0 Å². The van der Waals surface area contributed by atoms with E-state index in [1.165, 1.54) is 33.4 Å². The third kappa shape index (κ3) is 4.92. The molecular formula is C54H34N2O. The molecule has 0 aliphatic carbocycles. The lowest BCUT2D eigenvalue weighted by Gasteiger charge is -2.10. The molecule has 0 N–H and O–H groups in total. The van der Waals surface area contributed by atoms with Crippen molar-refractivity contribution in [2.45, 2.75) is 0 Å². The van der Waals surface area contributed by atoms with Gasteiger partial charge in [-0.15, -0.1) is 0 Å². The van der Waals surface area contributed by atoms with Crippen LogP contribution >= 0.6 is 0 Å². The van der Waals surface area contributed by atoms with Gasteiger partial charge in [0.1, 0.15) is 11.2 Å². The second-order valence-corrected chi connectivity index (χ2v) is 13.2. The van der Waals surface area contributed by atoms with E-state index >= 15 is 0 Å². The zero-order valence-corrected chi connectivity index (χ0v) is 29.2. The van der Waals surface area contributed by atoms with Gasteiger partial charge < -0.3 is 13.6 Å². The van der Waals surface area contributed by atoms with E-state index in [0.29, 0.717) is 5.69 Å². The highest BCUT2D eigenvalue weighted by Gasteiger charge is 2.19. The minimum Gasteiger partial charge on any atom is -0.456 e. The van der Waals surface area contributed by atoms with E-state index in [-0.39, 0.29) is 106 Å². The van der Waals surface area contributed by atoms with Gasteiger partial charge in [0.05, 0.1) is 52.2 Å². The molecule has 0 amide bonds. The van der Waals surface area contributed by atoms with Crippen molar-refractivity contribution in [1.82, 2.24) is 9.13 Å². The summed E-state index contributed by atoms with van der Waals surface area (Å²) in [4.78, 5) is 0. The number of benzene rings is 9. The Morgan fingerprint density at radius 2 is 1.14 bits per heavy atom. The molecule has 0 aliphatic rings. The molecule has 3 aromatic heterocycles. The van der Waals surface area contributed by atoms with Crippen molar-refractivity contribution >= 4 is 65.6 Å². The SMILES string of the molecule is [2H]c1cc([2H])c([2H])c(-c2c([2H])cc([2H])c(-c3c([2H])c([2H])c4oc5c([2H])cc(-n6c7cc([2H])c([2H])c([2H])c7c7cc(-c8c([2H])c([2H])c([2H])c9c8c8cc([2H])c([2H])c([2H])c8n9-c8ccccc8)c([2H])c([2H])c76)c([2H])c5c4c3[2H])c2[2H])c1. The number of rotatable bonds is 5. The molecule has 0 bridgehead atoms. The molecule has 0 unspecified atom stereocenters. The Hall–Kier alpha value is -7.62. The lowest BCUT2D eigenvalue weighted by atomic mass is 9.98. The summed E-state index contributed by atoms with van der Waals surface area (Å²) in [5.41, 5.74) is -2.46. The highest BCUT2D eigenvalue weighted by molar-refractivity contribution is 6.17. The molecule has 0 aliphatic heterocycles.